The number of methoxy groups -OCH3 is 2. The quantitative estimate of drug-likeness (QED) is 0.670. The molecular formula is C20H20O7. The number of aliphatic hydroxyl groups excluding tert-OH is 1. The van der Waals surface area contributed by atoms with E-state index in [0.29, 0.717) is 33.9 Å². The molecule has 7 heteroatoms. The van der Waals surface area contributed by atoms with Gasteiger partial charge >= 0.3 is 5.97 Å². The number of ether oxygens (including phenoxy) is 3. The second-order valence-corrected chi connectivity index (χ2v) is 6.10. The Balaban J connectivity index is 2.06. The van der Waals surface area contributed by atoms with Gasteiger partial charge < -0.3 is 29.5 Å². The average molecular weight is 372 g/mol. The zero-order chi connectivity index (χ0) is 19.6. The summed E-state index contributed by atoms with van der Waals surface area (Å²) in [6.45, 7) is -0.203. The molecule has 0 bridgehead atoms. The molecule has 1 aliphatic heterocycles. The van der Waals surface area contributed by atoms with Gasteiger partial charge in [-0.3, -0.25) is 0 Å². The van der Waals surface area contributed by atoms with Crippen LogP contribution in [0.5, 0.6) is 23.0 Å². The van der Waals surface area contributed by atoms with E-state index in [1.165, 1.54) is 26.4 Å². The lowest BCUT2D eigenvalue weighted by Gasteiger charge is -2.18. The molecule has 0 spiro atoms. The van der Waals surface area contributed by atoms with Crippen LogP contribution in [-0.4, -0.2) is 42.1 Å². The molecule has 2 atom stereocenters. The maximum absolute atomic E-state index is 10.8. The molecule has 0 aliphatic carbocycles. The highest BCUT2D eigenvalue weighted by molar-refractivity contribution is 5.85. The van der Waals surface area contributed by atoms with Gasteiger partial charge in [0.2, 0.25) is 0 Å². The molecule has 0 unspecified atom stereocenters. The van der Waals surface area contributed by atoms with Gasteiger partial charge in [0.25, 0.3) is 0 Å². The number of aliphatic hydroxyl groups is 1. The van der Waals surface area contributed by atoms with Crippen molar-refractivity contribution in [2.45, 2.75) is 12.0 Å². The number of fused-ring (bicyclic) bond motifs is 1. The van der Waals surface area contributed by atoms with Gasteiger partial charge in [-0.25, -0.2) is 4.79 Å². The zero-order valence-electron chi connectivity index (χ0n) is 14.9. The second kappa shape index (κ2) is 7.59. The maximum Gasteiger partial charge on any atom is 0.328 e. The second-order valence-electron chi connectivity index (χ2n) is 6.10. The van der Waals surface area contributed by atoms with Crippen molar-refractivity contribution >= 4 is 12.0 Å². The normalized spacial score (nSPS) is 18.2. The van der Waals surface area contributed by atoms with Crippen LogP contribution in [0, 0.1) is 0 Å². The predicted molar refractivity (Wildman–Crippen MR) is 97.5 cm³/mol. The van der Waals surface area contributed by atoms with Gasteiger partial charge in [-0.05, 0) is 35.9 Å². The summed E-state index contributed by atoms with van der Waals surface area (Å²) < 4.78 is 16.6. The van der Waals surface area contributed by atoms with Crippen LogP contribution < -0.4 is 14.2 Å². The zero-order valence-corrected chi connectivity index (χ0v) is 14.9. The molecule has 0 radical (unpaired) electrons. The summed E-state index contributed by atoms with van der Waals surface area (Å²) >= 11 is 0. The van der Waals surface area contributed by atoms with Gasteiger partial charge in [-0.2, -0.15) is 0 Å². The fourth-order valence-electron chi connectivity index (χ4n) is 3.22. The molecule has 3 N–H and O–H groups in total. The van der Waals surface area contributed by atoms with Crippen LogP contribution in [-0.2, 0) is 4.79 Å². The Morgan fingerprint density at radius 2 is 1.96 bits per heavy atom. The van der Waals surface area contributed by atoms with Crippen LogP contribution in [0.4, 0.5) is 0 Å². The van der Waals surface area contributed by atoms with E-state index in [0.717, 1.165) is 6.08 Å². The first-order valence-electron chi connectivity index (χ1n) is 8.25. The summed E-state index contributed by atoms with van der Waals surface area (Å²) in [5.41, 5.74) is 1.96. The van der Waals surface area contributed by atoms with Gasteiger partial charge in [0.15, 0.2) is 11.5 Å². The van der Waals surface area contributed by atoms with Crippen LogP contribution in [0.15, 0.2) is 36.4 Å². The van der Waals surface area contributed by atoms with Crippen molar-refractivity contribution in [1.82, 2.24) is 0 Å². The Morgan fingerprint density at radius 3 is 2.59 bits per heavy atom. The third-order valence-electron chi connectivity index (χ3n) is 4.43. The van der Waals surface area contributed by atoms with Crippen LogP contribution >= 0.6 is 0 Å². The number of phenolic OH excluding ortho intramolecular Hbond substituents is 1. The first-order chi connectivity index (χ1) is 13.0. The molecule has 3 rings (SSSR count). The standard InChI is InChI=1S/C20H20O7/c1-25-14-8-12(7-13(22)9-14)19-16(10-21)15-5-11(3-4-18(23)24)6-17(26-2)20(15)27-19/h3-9,16,19,21-22H,10H2,1-2H3,(H,23,24)/b4-3+/t16-,19+/m0/s1. The fourth-order valence-corrected chi connectivity index (χ4v) is 3.22. The lowest BCUT2D eigenvalue weighted by Crippen LogP contribution is -2.13. The van der Waals surface area contributed by atoms with Crippen molar-refractivity contribution in [1.29, 1.82) is 0 Å². The van der Waals surface area contributed by atoms with Crippen LogP contribution in [0.1, 0.15) is 28.7 Å². The van der Waals surface area contributed by atoms with Crippen LogP contribution in [0.2, 0.25) is 0 Å². The molecule has 142 valence electrons. The summed E-state index contributed by atoms with van der Waals surface area (Å²) in [5.74, 6) is -0.0642. The lowest BCUT2D eigenvalue weighted by atomic mass is 9.90. The molecular weight excluding hydrogens is 352 g/mol. The van der Waals surface area contributed by atoms with E-state index >= 15 is 0 Å². The van der Waals surface area contributed by atoms with E-state index in [9.17, 15) is 15.0 Å². The highest BCUT2D eigenvalue weighted by Gasteiger charge is 2.38. The topological polar surface area (TPSA) is 105 Å². The molecule has 0 saturated carbocycles. The van der Waals surface area contributed by atoms with Crippen molar-refractivity contribution in [3.8, 4) is 23.0 Å². The number of carbonyl (C=O) groups is 1. The van der Waals surface area contributed by atoms with Gasteiger partial charge in [0.05, 0.1) is 26.7 Å². The predicted octanol–water partition coefficient (Wildman–Crippen LogP) is 2.72. The summed E-state index contributed by atoms with van der Waals surface area (Å²) in [6, 6.07) is 8.20. The fraction of sp³-hybridized carbons (Fsp3) is 0.250. The van der Waals surface area contributed by atoms with Crippen molar-refractivity contribution < 1.29 is 34.3 Å². The molecule has 2 aromatic rings. The number of rotatable bonds is 6. The molecule has 1 heterocycles. The molecule has 7 nitrogen and oxygen atoms in total. The third kappa shape index (κ3) is 3.68. The van der Waals surface area contributed by atoms with Crippen LogP contribution in [0.3, 0.4) is 0 Å². The Kier molecular flexibility index (Phi) is 5.23. The van der Waals surface area contributed by atoms with Gasteiger partial charge in [0, 0.05) is 23.3 Å². The number of carboxylic acid groups (broad SMARTS) is 1. The van der Waals surface area contributed by atoms with Crippen molar-refractivity contribution in [2.24, 2.45) is 0 Å². The van der Waals surface area contributed by atoms with E-state index < -0.39 is 18.0 Å². The molecule has 0 saturated heterocycles. The van der Waals surface area contributed by atoms with E-state index in [-0.39, 0.29) is 12.4 Å². The molecule has 0 fully saturated rings. The largest absolute Gasteiger partial charge is 0.508 e. The summed E-state index contributed by atoms with van der Waals surface area (Å²) in [7, 11) is 2.98. The summed E-state index contributed by atoms with van der Waals surface area (Å²) in [5, 5.41) is 28.8. The number of benzene rings is 2. The van der Waals surface area contributed by atoms with E-state index in [1.807, 2.05) is 0 Å². The van der Waals surface area contributed by atoms with Crippen LogP contribution in [0.25, 0.3) is 6.08 Å². The Hall–Kier alpha value is -3.19. The number of carboxylic acids is 1. The number of hydrogen-bond acceptors (Lipinski definition) is 6. The Bertz CT molecular complexity index is 888. The maximum atomic E-state index is 10.8. The molecule has 0 amide bonds. The van der Waals surface area contributed by atoms with Crippen molar-refractivity contribution in [3.05, 3.63) is 53.1 Å². The molecule has 27 heavy (non-hydrogen) atoms. The van der Waals surface area contributed by atoms with Gasteiger partial charge in [-0.15, -0.1) is 0 Å². The molecule has 2 aromatic carbocycles. The third-order valence-corrected chi connectivity index (χ3v) is 4.43. The first-order valence-corrected chi connectivity index (χ1v) is 8.25. The lowest BCUT2D eigenvalue weighted by molar-refractivity contribution is -0.131. The Labute approximate surface area is 156 Å². The van der Waals surface area contributed by atoms with E-state index in [4.69, 9.17) is 19.3 Å². The number of aliphatic carboxylic acids is 1. The number of hydrogen-bond donors (Lipinski definition) is 3. The highest BCUT2D eigenvalue weighted by atomic mass is 16.5. The molecule has 1 aliphatic rings. The van der Waals surface area contributed by atoms with E-state index in [1.54, 1.807) is 24.3 Å². The van der Waals surface area contributed by atoms with Crippen molar-refractivity contribution in [3.63, 3.8) is 0 Å². The first kappa shape index (κ1) is 18.6. The Morgan fingerprint density at radius 1 is 1.19 bits per heavy atom. The highest BCUT2D eigenvalue weighted by Crippen LogP contribution is 2.51. The minimum absolute atomic E-state index is 0.0256. The number of phenols is 1. The van der Waals surface area contributed by atoms with Gasteiger partial charge in [-0.1, -0.05) is 0 Å². The molecule has 0 aromatic heterocycles. The summed E-state index contributed by atoms with van der Waals surface area (Å²) in [4.78, 5) is 10.8. The monoisotopic (exact) mass is 372 g/mol. The minimum Gasteiger partial charge on any atom is -0.508 e. The average Bonchev–Trinajstić information content (AvgIpc) is 3.03. The van der Waals surface area contributed by atoms with Gasteiger partial charge in [0.1, 0.15) is 17.6 Å². The van der Waals surface area contributed by atoms with E-state index in [2.05, 4.69) is 0 Å². The minimum atomic E-state index is -1.06. The number of aromatic hydroxyl groups is 1. The van der Waals surface area contributed by atoms with Crippen molar-refractivity contribution in [2.75, 3.05) is 20.8 Å². The SMILES string of the molecule is COc1cc(O)cc([C@H]2Oc3c(OC)cc(/C=C/C(=O)O)cc3[C@@H]2CO)c1. The smallest absolute Gasteiger partial charge is 0.328 e. The summed E-state index contributed by atoms with van der Waals surface area (Å²) in [6.07, 6.45) is 1.92.